The highest BCUT2D eigenvalue weighted by Gasteiger charge is 2.35. The highest BCUT2D eigenvalue weighted by atomic mass is 79.9. The Labute approximate surface area is 119 Å². The molecule has 19 heavy (non-hydrogen) atoms. The zero-order valence-corrected chi connectivity index (χ0v) is 12.2. The summed E-state index contributed by atoms with van der Waals surface area (Å²) >= 11 is 3.18. The summed E-state index contributed by atoms with van der Waals surface area (Å²) in [4.78, 5) is 25.1. The summed E-state index contributed by atoms with van der Waals surface area (Å²) in [7, 11) is 0. The molecule has 2 amide bonds. The molecule has 1 aromatic carbocycles. The summed E-state index contributed by atoms with van der Waals surface area (Å²) in [5.41, 5.74) is 0.394. The third-order valence-corrected chi connectivity index (χ3v) is 3.71. The fourth-order valence-electron chi connectivity index (χ4n) is 2.03. The monoisotopic (exact) mass is 328 g/mol. The van der Waals surface area contributed by atoms with Crippen LogP contribution in [-0.2, 0) is 16.1 Å². The van der Waals surface area contributed by atoms with E-state index in [1.54, 1.807) is 26.0 Å². The lowest BCUT2D eigenvalue weighted by Gasteiger charge is -2.36. The van der Waals surface area contributed by atoms with Gasteiger partial charge in [0.25, 0.3) is 0 Å². The van der Waals surface area contributed by atoms with Crippen LogP contribution in [0.15, 0.2) is 22.7 Å². The molecule has 0 aromatic heterocycles. The van der Waals surface area contributed by atoms with Crippen LogP contribution in [0.3, 0.4) is 0 Å². The van der Waals surface area contributed by atoms with Gasteiger partial charge in [0.1, 0.15) is 17.9 Å². The third-order valence-electron chi connectivity index (χ3n) is 3.22. The van der Waals surface area contributed by atoms with Gasteiger partial charge in [0.2, 0.25) is 11.8 Å². The second-order valence-corrected chi connectivity index (χ2v) is 5.52. The van der Waals surface area contributed by atoms with Crippen molar-refractivity contribution in [2.45, 2.75) is 32.5 Å². The van der Waals surface area contributed by atoms with Gasteiger partial charge in [0.15, 0.2) is 0 Å². The van der Waals surface area contributed by atoms with Crippen LogP contribution in [0.5, 0.6) is 0 Å². The molecule has 6 heteroatoms. The molecular formula is C13H14BrFN2O2. The summed E-state index contributed by atoms with van der Waals surface area (Å²) in [6, 6.07) is 3.50. The summed E-state index contributed by atoms with van der Waals surface area (Å²) < 4.78 is 14.4. The molecule has 1 aromatic rings. The number of hydrogen-bond donors (Lipinski definition) is 1. The molecule has 0 bridgehead atoms. The number of carbonyl (C=O) groups is 2. The number of halogens is 2. The highest BCUT2D eigenvalue weighted by Crippen LogP contribution is 2.19. The maximum absolute atomic E-state index is 13.8. The molecule has 1 aliphatic heterocycles. The second kappa shape index (κ2) is 5.28. The fraction of sp³-hybridized carbons (Fsp3) is 0.385. The molecule has 1 saturated heterocycles. The van der Waals surface area contributed by atoms with Crippen LogP contribution in [-0.4, -0.2) is 28.8 Å². The molecule has 102 valence electrons. The van der Waals surface area contributed by atoms with E-state index in [0.29, 0.717) is 10.0 Å². The van der Waals surface area contributed by atoms with E-state index in [4.69, 9.17) is 0 Å². The Morgan fingerprint density at radius 2 is 2.05 bits per heavy atom. The third kappa shape index (κ3) is 2.78. The van der Waals surface area contributed by atoms with Gasteiger partial charge in [0, 0.05) is 16.6 Å². The van der Waals surface area contributed by atoms with E-state index in [1.165, 1.54) is 11.0 Å². The van der Waals surface area contributed by atoms with Crippen molar-refractivity contribution < 1.29 is 14.0 Å². The lowest BCUT2D eigenvalue weighted by molar-refractivity contribution is -0.148. The standard InChI is InChI=1S/C13H14BrFN2O2/c1-7-13(19)17(8(2)12(18)16-7)6-9-3-4-10(14)5-11(9)15/h3-5,7-8H,6H2,1-2H3,(H,16,18). The summed E-state index contributed by atoms with van der Waals surface area (Å²) in [6.07, 6.45) is 0. The highest BCUT2D eigenvalue weighted by molar-refractivity contribution is 9.10. The van der Waals surface area contributed by atoms with Crippen LogP contribution in [0, 0.1) is 5.82 Å². The first-order chi connectivity index (χ1) is 8.90. The number of nitrogens with one attached hydrogen (secondary N) is 1. The zero-order chi connectivity index (χ0) is 14.2. The zero-order valence-electron chi connectivity index (χ0n) is 10.6. The van der Waals surface area contributed by atoms with Gasteiger partial charge < -0.3 is 10.2 Å². The lowest BCUT2D eigenvalue weighted by Crippen LogP contribution is -2.61. The van der Waals surface area contributed by atoms with Crippen LogP contribution in [0.1, 0.15) is 19.4 Å². The molecule has 0 spiro atoms. The molecule has 0 saturated carbocycles. The van der Waals surface area contributed by atoms with Gasteiger partial charge in [0.05, 0.1) is 0 Å². The van der Waals surface area contributed by atoms with Crippen LogP contribution in [0.2, 0.25) is 0 Å². The van der Waals surface area contributed by atoms with Crippen molar-refractivity contribution in [1.82, 2.24) is 10.2 Å². The Bertz CT molecular complexity index is 535. The number of piperazine rings is 1. The van der Waals surface area contributed by atoms with Crippen molar-refractivity contribution in [3.05, 3.63) is 34.1 Å². The van der Waals surface area contributed by atoms with E-state index in [9.17, 15) is 14.0 Å². The quantitative estimate of drug-likeness (QED) is 0.900. The first-order valence-corrected chi connectivity index (χ1v) is 6.74. The molecule has 2 atom stereocenters. The first-order valence-electron chi connectivity index (χ1n) is 5.95. The van der Waals surface area contributed by atoms with Crippen molar-refractivity contribution in [3.63, 3.8) is 0 Å². The molecule has 0 aliphatic carbocycles. The molecule has 2 unspecified atom stereocenters. The average Bonchev–Trinajstić information content (AvgIpc) is 2.34. The number of rotatable bonds is 2. The second-order valence-electron chi connectivity index (χ2n) is 4.61. The predicted octanol–water partition coefficient (Wildman–Crippen LogP) is 1.82. The minimum atomic E-state index is -0.591. The van der Waals surface area contributed by atoms with Gasteiger partial charge in [-0.05, 0) is 26.0 Å². The SMILES string of the molecule is CC1NC(=O)C(C)N(Cc2ccc(Br)cc2F)C1=O. The molecule has 1 heterocycles. The number of hydrogen-bond acceptors (Lipinski definition) is 2. The number of nitrogens with zero attached hydrogens (tertiary/aromatic N) is 1. The van der Waals surface area contributed by atoms with Crippen molar-refractivity contribution in [3.8, 4) is 0 Å². The van der Waals surface area contributed by atoms with Crippen LogP contribution < -0.4 is 5.32 Å². The smallest absolute Gasteiger partial charge is 0.245 e. The Balaban J connectivity index is 2.25. The van der Waals surface area contributed by atoms with Gasteiger partial charge in [-0.2, -0.15) is 0 Å². The van der Waals surface area contributed by atoms with E-state index >= 15 is 0 Å². The molecule has 1 fully saturated rings. The Morgan fingerprint density at radius 1 is 1.37 bits per heavy atom. The van der Waals surface area contributed by atoms with E-state index < -0.39 is 17.9 Å². The Hall–Kier alpha value is -1.43. The Morgan fingerprint density at radius 3 is 2.68 bits per heavy atom. The van der Waals surface area contributed by atoms with Gasteiger partial charge in [-0.1, -0.05) is 22.0 Å². The molecular weight excluding hydrogens is 315 g/mol. The number of amides is 2. The van der Waals surface area contributed by atoms with Crippen LogP contribution in [0.4, 0.5) is 4.39 Å². The van der Waals surface area contributed by atoms with Crippen molar-refractivity contribution >= 4 is 27.7 Å². The van der Waals surface area contributed by atoms with Crippen molar-refractivity contribution in [2.24, 2.45) is 0 Å². The molecule has 1 N–H and O–H groups in total. The molecule has 4 nitrogen and oxygen atoms in total. The van der Waals surface area contributed by atoms with Gasteiger partial charge in [-0.15, -0.1) is 0 Å². The van der Waals surface area contributed by atoms with Gasteiger partial charge in [-0.25, -0.2) is 4.39 Å². The number of benzene rings is 1. The van der Waals surface area contributed by atoms with E-state index in [1.807, 2.05) is 0 Å². The largest absolute Gasteiger partial charge is 0.343 e. The normalized spacial score (nSPS) is 23.5. The van der Waals surface area contributed by atoms with Crippen molar-refractivity contribution in [1.29, 1.82) is 0 Å². The maximum Gasteiger partial charge on any atom is 0.245 e. The number of carbonyl (C=O) groups excluding carboxylic acids is 2. The van der Waals surface area contributed by atoms with Crippen molar-refractivity contribution in [2.75, 3.05) is 0 Å². The summed E-state index contributed by atoms with van der Waals surface area (Å²) in [5, 5.41) is 2.59. The van der Waals surface area contributed by atoms with Crippen LogP contribution >= 0.6 is 15.9 Å². The van der Waals surface area contributed by atoms with E-state index in [-0.39, 0.29) is 18.4 Å². The molecule has 0 radical (unpaired) electrons. The van der Waals surface area contributed by atoms with Gasteiger partial charge in [-0.3, -0.25) is 9.59 Å². The maximum atomic E-state index is 13.8. The average molecular weight is 329 g/mol. The fourth-order valence-corrected chi connectivity index (χ4v) is 2.36. The Kier molecular flexibility index (Phi) is 3.89. The topological polar surface area (TPSA) is 49.4 Å². The minimum absolute atomic E-state index is 0.0941. The summed E-state index contributed by atoms with van der Waals surface area (Å²) in [6.45, 7) is 3.35. The first kappa shape index (κ1) is 14.0. The predicted molar refractivity (Wildman–Crippen MR) is 71.7 cm³/mol. The van der Waals surface area contributed by atoms with Gasteiger partial charge >= 0.3 is 0 Å². The van der Waals surface area contributed by atoms with E-state index in [0.717, 1.165) is 0 Å². The van der Waals surface area contributed by atoms with E-state index in [2.05, 4.69) is 21.2 Å². The molecule has 1 aliphatic rings. The lowest BCUT2D eigenvalue weighted by atomic mass is 10.1. The molecule has 2 rings (SSSR count). The van der Waals surface area contributed by atoms with Crippen LogP contribution in [0.25, 0.3) is 0 Å². The minimum Gasteiger partial charge on any atom is -0.343 e. The summed E-state index contributed by atoms with van der Waals surface area (Å²) in [5.74, 6) is -0.813.